The number of nitrogens with one attached hydrogen (secondary N) is 1. The number of rotatable bonds is 5. The zero-order valence-corrected chi connectivity index (χ0v) is 13.6. The highest BCUT2D eigenvalue weighted by atomic mass is 35.5. The van der Waals surface area contributed by atoms with Crippen molar-refractivity contribution in [3.63, 3.8) is 0 Å². The Morgan fingerprint density at radius 3 is 2.95 bits per heavy atom. The minimum atomic E-state index is 0.272. The van der Waals surface area contributed by atoms with E-state index in [2.05, 4.69) is 24.4 Å². The van der Waals surface area contributed by atoms with E-state index in [1.807, 2.05) is 17.0 Å². The number of benzene rings is 1. The van der Waals surface area contributed by atoms with Gasteiger partial charge < -0.3 is 10.2 Å². The van der Waals surface area contributed by atoms with Crippen molar-refractivity contribution < 1.29 is 4.79 Å². The SMILES string of the molecule is C[C@H](CN1CCCC1=O)NCc1sc2ccccc2c1Cl. The molecule has 2 aromatic rings. The Kier molecular flexibility index (Phi) is 4.48. The van der Waals surface area contributed by atoms with Crippen LogP contribution in [-0.4, -0.2) is 29.9 Å². The molecule has 112 valence electrons. The molecule has 2 heterocycles. The van der Waals surface area contributed by atoms with Gasteiger partial charge in [-0.05, 0) is 19.4 Å². The van der Waals surface area contributed by atoms with E-state index in [9.17, 15) is 4.79 Å². The van der Waals surface area contributed by atoms with E-state index in [0.717, 1.165) is 41.3 Å². The van der Waals surface area contributed by atoms with Gasteiger partial charge in [-0.1, -0.05) is 29.8 Å². The Labute approximate surface area is 133 Å². The number of carbonyl (C=O) groups is 1. The van der Waals surface area contributed by atoms with Crippen molar-refractivity contribution >= 4 is 38.9 Å². The minimum Gasteiger partial charge on any atom is -0.341 e. The van der Waals surface area contributed by atoms with Gasteiger partial charge >= 0.3 is 0 Å². The summed E-state index contributed by atoms with van der Waals surface area (Å²) >= 11 is 8.17. The largest absolute Gasteiger partial charge is 0.341 e. The van der Waals surface area contributed by atoms with Crippen molar-refractivity contribution in [3.05, 3.63) is 34.2 Å². The fraction of sp³-hybridized carbons (Fsp3) is 0.438. The van der Waals surface area contributed by atoms with Crippen molar-refractivity contribution in [2.24, 2.45) is 0 Å². The Morgan fingerprint density at radius 2 is 2.24 bits per heavy atom. The van der Waals surface area contributed by atoms with Crippen LogP contribution in [0, 0.1) is 0 Å². The molecule has 0 saturated carbocycles. The van der Waals surface area contributed by atoms with Gasteiger partial charge in [-0.15, -0.1) is 11.3 Å². The lowest BCUT2D eigenvalue weighted by atomic mass is 10.2. The lowest BCUT2D eigenvalue weighted by molar-refractivity contribution is -0.127. The second-order valence-electron chi connectivity index (χ2n) is 5.56. The zero-order valence-electron chi connectivity index (χ0n) is 12.1. The highest BCUT2D eigenvalue weighted by molar-refractivity contribution is 7.19. The van der Waals surface area contributed by atoms with Crippen LogP contribution in [-0.2, 0) is 11.3 Å². The molecule has 1 N–H and O–H groups in total. The highest BCUT2D eigenvalue weighted by Gasteiger charge is 2.21. The van der Waals surface area contributed by atoms with Crippen molar-refractivity contribution in [1.29, 1.82) is 0 Å². The smallest absolute Gasteiger partial charge is 0.222 e. The summed E-state index contributed by atoms with van der Waals surface area (Å²) in [5.74, 6) is 0.281. The molecule has 1 aromatic carbocycles. The number of fused-ring (bicyclic) bond motifs is 1. The molecule has 1 saturated heterocycles. The van der Waals surface area contributed by atoms with E-state index in [1.54, 1.807) is 11.3 Å². The molecule has 0 radical (unpaired) electrons. The van der Waals surface area contributed by atoms with Gasteiger partial charge in [0.2, 0.25) is 5.91 Å². The average molecular weight is 323 g/mol. The first-order chi connectivity index (χ1) is 10.1. The van der Waals surface area contributed by atoms with Gasteiger partial charge in [0, 0.05) is 47.1 Å². The summed E-state index contributed by atoms with van der Waals surface area (Å²) in [6.07, 6.45) is 1.70. The number of hydrogen-bond donors (Lipinski definition) is 1. The Morgan fingerprint density at radius 1 is 1.43 bits per heavy atom. The molecule has 0 unspecified atom stereocenters. The van der Waals surface area contributed by atoms with Gasteiger partial charge in [-0.25, -0.2) is 0 Å². The quantitative estimate of drug-likeness (QED) is 0.911. The second kappa shape index (κ2) is 6.34. The predicted molar refractivity (Wildman–Crippen MR) is 89.0 cm³/mol. The Bertz CT molecular complexity index is 655. The Hall–Kier alpha value is -1.10. The molecule has 1 atom stereocenters. The standard InChI is InChI=1S/C16H19ClN2OS/c1-11(10-19-8-4-7-15(19)20)18-9-14-16(17)12-5-2-3-6-13(12)21-14/h2-3,5-6,11,18H,4,7-10H2,1H3/t11-/m1/s1. The van der Waals surface area contributed by atoms with Crippen molar-refractivity contribution in [2.75, 3.05) is 13.1 Å². The molecule has 1 aliphatic heterocycles. The molecule has 1 fully saturated rings. The highest BCUT2D eigenvalue weighted by Crippen LogP contribution is 2.34. The van der Waals surface area contributed by atoms with Crippen LogP contribution in [0.1, 0.15) is 24.6 Å². The van der Waals surface area contributed by atoms with Crippen LogP contribution in [0.15, 0.2) is 24.3 Å². The molecule has 5 heteroatoms. The zero-order chi connectivity index (χ0) is 14.8. The maximum absolute atomic E-state index is 11.6. The predicted octanol–water partition coefficient (Wildman–Crippen LogP) is 3.66. The molecule has 1 amide bonds. The van der Waals surface area contributed by atoms with Crippen LogP contribution >= 0.6 is 22.9 Å². The molecule has 0 spiro atoms. The lowest BCUT2D eigenvalue weighted by Crippen LogP contribution is -2.39. The van der Waals surface area contributed by atoms with Gasteiger partial charge in [0.1, 0.15) is 0 Å². The number of halogens is 1. The molecule has 0 bridgehead atoms. The third kappa shape index (κ3) is 3.23. The summed E-state index contributed by atoms with van der Waals surface area (Å²) in [4.78, 5) is 14.7. The first-order valence-corrected chi connectivity index (χ1v) is 8.51. The van der Waals surface area contributed by atoms with Crippen LogP contribution in [0.25, 0.3) is 10.1 Å². The number of amides is 1. The van der Waals surface area contributed by atoms with E-state index in [-0.39, 0.29) is 11.9 Å². The summed E-state index contributed by atoms with van der Waals surface area (Å²) in [5.41, 5.74) is 0. The summed E-state index contributed by atoms with van der Waals surface area (Å²) in [6.45, 7) is 4.55. The van der Waals surface area contributed by atoms with Crippen molar-refractivity contribution in [2.45, 2.75) is 32.4 Å². The molecule has 1 aliphatic rings. The van der Waals surface area contributed by atoms with E-state index in [1.165, 1.54) is 4.70 Å². The number of thiophene rings is 1. The molecular weight excluding hydrogens is 304 g/mol. The van der Waals surface area contributed by atoms with Crippen LogP contribution in [0.2, 0.25) is 5.02 Å². The molecule has 0 aliphatic carbocycles. The first kappa shape index (κ1) is 14.8. The molecule has 21 heavy (non-hydrogen) atoms. The third-order valence-corrected chi connectivity index (χ3v) is 5.59. The molecule has 1 aromatic heterocycles. The second-order valence-corrected chi connectivity index (χ2v) is 7.08. The van der Waals surface area contributed by atoms with Gasteiger partial charge in [-0.2, -0.15) is 0 Å². The number of hydrogen-bond acceptors (Lipinski definition) is 3. The van der Waals surface area contributed by atoms with Gasteiger partial charge in [0.15, 0.2) is 0 Å². The third-order valence-electron chi connectivity index (χ3n) is 3.88. The fourth-order valence-electron chi connectivity index (χ4n) is 2.74. The maximum atomic E-state index is 11.6. The number of nitrogens with zero attached hydrogens (tertiary/aromatic N) is 1. The topological polar surface area (TPSA) is 32.3 Å². The van der Waals surface area contributed by atoms with Crippen LogP contribution < -0.4 is 5.32 Å². The van der Waals surface area contributed by atoms with Gasteiger partial charge in [-0.3, -0.25) is 4.79 Å². The van der Waals surface area contributed by atoms with Crippen molar-refractivity contribution in [1.82, 2.24) is 10.2 Å². The number of likely N-dealkylation sites (tertiary alicyclic amines) is 1. The lowest BCUT2D eigenvalue weighted by Gasteiger charge is -2.21. The van der Waals surface area contributed by atoms with Gasteiger partial charge in [0.25, 0.3) is 0 Å². The Balaban J connectivity index is 1.61. The summed E-state index contributed by atoms with van der Waals surface area (Å²) in [6, 6.07) is 8.48. The van der Waals surface area contributed by atoms with Crippen LogP contribution in [0.5, 0.6) is 0 Å². The van der Waals surface area contributed by atoms with Crippen molar-refractivity contribution in [3.8, 4) is 0 Å². The molecular formula is C16H19ClN2OS. The van der Waals surface area contributed by atoms with Gasteiger partial charge in [0.05, 0.1) is 5.02 Å². The maximum Gasteiger partial charge on any atom is 0.222 e. The van der Waals surface area contributed by atoms with Crippen LogP contribution in [0.4, 0.5) is 0 Å². The molecule has 3 nitrogen and oxygen atoms in total. The molecule has 3 rings (SSSR count). The normalized spacial score (nSPS) is 16.9. The van der Waals surface area contributed by atoms with E-state index in [4.69, 9.17) is 11.6 Å². The fourth-order valence-corrected chi connectivity index (χ4v) is 4.19. The monoisotopic (exact) mass is 322 g/mol. The van der Waals surface area contributed by atoms with E-state index >= 15 is 0 Å². The minimum absolute atomic E-state index is 0.272. The van der Waals surface area contributed by atoms with Crippen LogP contribution in [0.3, 0.4) is 0 Å². The summed E-state index contributed by atoms with van der Waals surface area (Å²) < 4.78 is 1.22. The first-order valence-electron chi connectivity index (χ1n) is 7.32. The summed E-state index contributed by atoms with van der Waals surface area (Å²) in [5, 5.41) is 5.46. The average Bonchev–Trinajstić information content (AvgIpc) is 3.02. The summed E-state index contributed by atoms with van der Waals surface area (Å²) in [7, 11) is 0. The van der Waals surface area contributed by atoms with E-state index in [0.29, 0.717) is 6.42 Å². The number of carbonyl (C=O) groups excluding carboxylic acids is 1. The van der Waals surface area contributed by atoms with E-state index < -0.39 is 0 Å².